The van der Waals surface area contributed by atoms with Gasteiger partial charge in [-0.1, -0.05) is 13.8 Å². The van der Waals surface area contributed by atoms with Crippen molar-refractivity contribution in [3.8, 4) is 5.75 Å². The van der Waals surface area contributed by atoms with Crippen molar-refractivity contribution in [2.24, 2.45) is 11.8 Å². The molecule has 0 aromatic heterocycles. The first-order valence-corrected chi connectivity index (χ1v) is 10.2. The summed E-state index contributed by atoms with van der Waals surface area (Å²) in [5.41, 5.74) is 0.816. The van der Waals surface area contributed by atoms with Gasteiger partial charge in [0.2, 0.25) is 10.0 Å². The van der Waals surface area contributed by atoms with Gasteiger partial charge in [-0.15, -0.1) is 0 Å². The molecule has 1 aromatic rings. The average Bonchev–Trinajstić information content (AvgIpc) is 2.50. The van der Waals surface area contributed by atoms with Gasteiger partial charge in [0.25, 0.3) is 0 Å². The van der Waals surface area contributed by atoms with Crippen LogP contribution in [0.5, 0.6) is 5.75 Å². The maximum absolute atomic E-state index is 12.4. The Morgan fingerprint density at radius 3 is 2.50 bits per heavy atom. The zero-order valence-corrected chi connectivity index (χ0v) is 16.0. The minimum atomic E-state index is -3.46. The second kappa shape index (κ2) is 8.32. The predicted octanol–water partition coefficient (Wildman–Crippen LogP) is 2.65. The van der Waals surface area contributed by atoms with E-state index in [0.29, 0.717) is 17.2 Å². The Labute approximate surface area is 146 Å². The van der Waals surface area contributed by atoms with E-state index in [-0.39, 0.29) is 0 Å². The molecule has 0 saturated carbocycles. The van der Waals surface area contributed by atoms with Gasteiger partial charge < -0.3 is 9.64 Å². The van der Waals surface area contributed by atoms with Crippen molar-refractivity contribution in [3.63, 3.8) is 0 Å². The van der Waals surface area contributed by atoms with Crippen LogP contribution in [0.3, 0.4) is 0 Å². The lowest BCUT2D eigenvalue weighted by atomic mass is 9.92. The summed E-state index contributed by atoms with van der Waals surface area (Å²) < 4.78 is 32.6. The van der Waals surface area contributed by atoms with Gasteiger partial charge in [0.05, 0.1) is 12.0 Å². The highest BCUT2D eigenvalue weighted by atomic mass is 32.2. The van der Waals surface area contributed by atoms with E-state index in [0.717, 1.165) is 43.5 Å². The first-order valence-electron chi connectivity index (χ1n) is 8.68. The summed E-state index contributed by atoms with van der Waals surface area (Å²) in [6.45, 7) is 10.1. The lowest BCUT2D eigenvalue weighted by molar-refractivity contribution is 0.140. The number of rotatable bonds is 7. The van der Waals surface area contributed by atoms with Crippen LogP contribution in [0.1, 0.15) is 32.3 Å². The van der Waals surface area contributed by atoms with Crippen molar-refractivity contribution >= 4 is 10.0 Å². The van der Waals surface area contributed by atoms with E-state index in [9.17, 15) is 8.42 Å². The largest absolute Gasteiger partial charge is 0.496 e. The molecular formula is C18H30N2O3S. The molecule has 1 aliphatic heterocycles. The van der Waals surface area contributed by atoms with Crippen LogP contribution in [0.4, 0.5) is 0 Å². The number of nitrogens with zero attached hydrogens (tertiary/aromatic N) is 1. The van der Waals surface area contributed by atoms with Crippen molar-refractivity contribution in [2.75, 3.05) is 33.3 Å². The summed E-state index contributed by atoms with van der Waals surface area (Å²) >= 11 is 0. The molecule has 1 aromatic carbocycles. The molecule has 0 aliphatic carbocycles. The number of hydrogen-bond donors (Lipinski definition) is 1. The van der Waals surface area contributed by atoms with E-state index in [4.69, 9.17) is 4.74 Å². The van der Waals surface area contributed by atoms with Crippen LogP contribution < -0.4 is 9.46 Å². The zero-order chi connectivity index (χ0) is 17.7. The molecule has 1 saturated heterocycles. The van der Waals surface area contributed by atoms with E-state index >= 15 is 0 Å². The lowest BCUT2D eigenvalue weighted by Crippen LogP contribution is -2.40. The fraction of sp³-hybridized carbons (Fsp3) is 0.667. The van der Waals surface area contributed by atoms with Crippen LogP contribution in [0.25, 0.3) is 0 Å². The first-order chi connectivity index (χ1) is 11.3. The molecule has 24 heavy (non-hydrogen) atoms. The molecule has 5 nitrogen and oxygen atoms in total. The monoisotopic (exact) mass is 354 g/mol. The van der Waals surface area contributed by atoms with Crippen LogP contribution >= 0.6 is 0 Å². The Hall–Kier alpha value is -1.11. The summed E-state index contributed by atoms with van der Waals surface area (Å²) in [6.07, 6.45) is 2.12. The summed E-state index contributed by atoms with van der Waals surface area (Å²) in [4.78, 5) is 2.74. The van der Waals surface area contributed by atoms with E-state index in [1.165, 1.54) is 6.42 Å². The first kappa shape index (κ1) is 19.2. The van der Waals surface area contributed by atoms with Gasteiger partial charge in [0, 0.05) is 19.6 Å². The summed E-state index contributed by atoms with van der Waals surface area (Å²) in [6, 6.07) is 4.93. The fourth-order valence-electron chi connectivity index (χ4n) is 3.59. The number of nitrogens with one attached hydrogen (secondary N) is 1. The van der Waals surface area contributed by atoms with E-state index in [2.05, 4.69) is 23.5 Å². The molecular weight excluding hydrogens is 324 g/mol. The number of aryl methyl sites for hydroxylation is 1. The van der Waals surface area contributed by atoms with Crippen LogP contribution in [0, 0.1) is 18.8 Å². The Morgan fingerprint density at radius 2 is 1.92 bits per heavy atom. The summed E-state index contributed by atoms with van der Waals surface area (Å²) in [7, 11) is -1.88. The molecule has 2 unspecified atom stereocenters. The summed E-state index contributed by atoms with van der Waals surface area (Å²) in [5, 5.41) is 0. The fourth-order valence-corrected chi connectivity index (χ4v) is 4.74. The number of sulfonamides is 1. The number of methoxy groups -OCH3 is 1. The third-order valence-corrected chi connectivity index (χ3v) is 6.02. The van der Waals surface area contributed by atoms with Crippen LogP contribution in [-0.4, -0.2) is 46.6 Å². The molecule has 1 N–H and O–H groups in total. The van der Waals surface area contributed by atoms with Gasteiger partial charge in [-0.2, -0.15) is 0 Å². The molecule has 0 radical (unpaired) electrons. The van der Waals surface area contributed by atoms with E-state index in [1.54, 1.807) is 25.3 Å². The van der Waals surface area contributed by atoms with Gasteiger partial charge in [-0.05, 0) is 61.9 Å². The number of likely N-dealkylation sites (tertiary alicyclic amines) is 1. The van der Waals surface area contributed by atoms with Gasteiger partial charge in [0.15, 0.2) is 0 Å². The second-order valence-corrected chi connectivity index (χ2v) is 8.86. The molecule has 0 amide bonds. The second-order valence-electron chi connectivity index (χ2n) is 7.09. The SMILES string of the molecule is COc1ccc(S(=O)(=O)NCCCN2CC(C)CC(C)C2)cc1C. The minimum Gasteiger partial charge on any atom is -0.496 e. The molecule has 1 fully saturated rings. The van der Waals surface area contributed by atoms with Crippen molar-refractivity contribution < 1.29 is 13.2 Å². The standard InChI is InChI=1S/C18H30N2O3S/c1-14-10-15(2)13-20(12-14)9-5-8-19-24(21,22)17-6-7-18(23-4)16(3)11-17/h6-7,11,14-15,19H,5,8-10,12-13H2,1-4H3. The number of hydrogen-bond acceptors (Lipinski definition) is 4. The quantitative estimate of drug-likeness (QED) is 0.765. The molecule has 6 heteroatoms. The Bertz CT molecular complexity index is 636. The van der Waals surface area contributed by atoms with Crippen molar-refractivity contribution in [1.29, 1.82) is 0 Å². The molecule has 1 aliphatic rings. The normalized spacial score (nSPS) is 22.5. The van der Waals surface area contributed by atoms with Gasteiger partial charge in [0.1, 0.15) is 5.75 Å². The number of ether oxygens (including phenoxy) is 1. The van der Waals surface area contributed by atoms with Gasteiger partial charge in [-0.3, -0.25) is 0 Å². The maximum atomic E-state index is 12.4. The smallest absolute Gasteiger partial charge is 0.240 e. The highest BCUT2D eigenvalue weighted by Crippen LogP contribution is 2.22. The Balaban J connectivity index is 1.83. The molecule has 136 valence electrons. The number of benzene rings is 1. The third-order valence-electron chi connectivity index (χ3n) is 4.56. The molecule has 2 atom stereocenters. The predicted molar refractivity (Wildman–Crippen MR) is 96.9 cm³/mol. The highest BCUT2D eigenvalue weighted by molar-refractivity contribution is 7.89. The van der Waals surface area contributed by atoms with Gasteiger partial charge in [-0.25, -0.2) is 13.1 Å². The molecule has 0 spiro atoms. The van der Waals surface area contributed by atoms with Crippen molar-refractivity contribution in [3.05, 3.63) is 23.8 Å². The van der Waals surface area contributed by atoms with Gasteiger partial charge >= 0.3 is 0 Å². The molecule has 1 heterocycles. The Morgan fingerprint density at radius 1 is 1.25 bits per heavy atom. The summed E-state index contributed by atoms with van der Waals surface area (Å²) in [5.74, 6) is 2.16. The highest BCUT2D eigenvalue weighted by Gasteiger charge is 2.21. The zero-order valence-electron chi connectivity index (χ0n) is 15.2. The van der Waals surface area contributed by atoms with Crippen LogP contribution in [0.15, 0.2) is 23.1 Å². The Kier molecular flexibility index (Phi) is 6.66. The van der Waals surface area contributed by atoms with Crippen LogP contribution in [0.2, 0.25) is 0 Å². The maximum Gasteiger partial charge on any atom is 0.240 e. The number of piperidine rings is 1. The lowest BCUT2D eigenvalue weighted by Gasteiger charge is -2.34. The average molecular weight is 355 g/mol. The molecule has 2 rings (SSSR count). The topological polar surface area (TPSA) is 58.6 Å². The molecule has 0 bridgehead atoms. The third kappa shape index (κ3) is 5.19. The minimum absolute atomic E-state index is 0.293. The van der Waals surface area contributed by atoms with E-state index < -0.39 is 10.0 Å². The van der Waals surface area contributed by atoms with Crippen molar-refractivity contribution in [2.45, 2.75) is 38.5 Å². The van der Waals surface area contributed by atoms with Crippen molar-refractivity contribution in [1.82, 2.24) is 9.62 Å². The van der Waals surface area contributed by atoms with Crippen LogP contribution in [-0.2, 0) is 10.0 Å². The van der Waals surface area contributed by atoms with E-state index in [1.807, 2.05) is 6.92 Å².